The molecule has 4 rings (SSSR count). The van der Waals surface area contributed by atoms with Gasteiger partial charge in [-0.05, 0) is 42.0 Å². The second kappa shape index (κ2) is 5.39. The number of hydrogen-bond donors (Lipinski definition) is 0. The Balaban J connectivity index is 1.82. The number of nitro benzene ring substituents is 1. The molecule has 0 saturated carbocycles. The topological polar surface area (TPSA) is 80.5 Å². The van der Waals surface area contributed by atoms with Crippen molar-refractivity contribution in [2.45, 2.75) is 30.2 Å². The van der Waals surface area contributed by atoms with E-state index in [0.717, 1.165) is 18.4 Å². The summed E-state index contributed by atoms with van der Waals surface area (Å²) >= 11 is 0. The van der Waals surface area contributed by atoms with E-state index in [0.29, 0.717) is 13.0 Å². The highest BCUT2D eigenvalue weighted by atomic mass is 32.2. The molecule has 1 unspecified atom stereocenters. The fraction of sp³-hybridized carbons (Fsp3) is 0.294. The summed E-state index contributed by atoms with van der Waals surface area (Å²) in [6.07, 6.45) is 2.21. The molecule has 7 heteroatoms. The van der Waals surface area contributed by atoms with E-state index < -0.39 is 14.9 Å². The molecule has 0 fully saturated rings. The molecule has 1 aliphatic heterocycles. The Morgan fingerprint density at radius 3 is 2.50 bits per heavy atom. The summed E-state index contributed by atoms with van der Waals surface area (Å²) in [5.41, 5.74) is 3.13. The van der Waals surface area contributed by atoms with Crippen molar-refractivity contribution in [3.63, 3.8) is 0 Å². The van der Waals surface area contributed by atoms with Crippen molar-refractivity contribution < 1.29 is 13.3 Å². The first kappa shape index (κ1) is 15.3. The molecule has 2 aliphatic rings. The van der Waals surface area contributed by atoms with Gasteiger partial charge in [0.2, 0.25) is 10.0 Å². The molecule has 0 N–H and O–H groups in total. The van der Waals surface area contributed by atoms with Crippen molar-refractivity contribution in [3.8, 4) is 0 Å². The van der Waals surface area contributed by atoms with E-state index in [1.54, 1.807) is 0 Å². The molecule has 0 bridgehead atoms. The van der Waals surface area contributed by atoms with Gasteiger partial charge in [-0.25, -0.2) is 8.42 Å². The standard InChI is InChI=1S/C17H16N2O4S/c20-19(21)14-6-1-2-7-16(14)24(22,23)18-11-10-13-5-3-4-12-8-9-15(18)17(12)13/h1-7,15H,8-11H2. The van der Waals surface area contributed by atoms with Crippen LogP contribution in [0, 0.1) is 10.1 Å². The van der Waals surface area contributed by atoms with Crippen LogP contribution >= 0.6 is 0 Å². The lowest BCUT2D eigenvalue weighted by atomic mass is 9.95. The van der Waals surface area contributed by atoms with Crippen molar-refractivity contribution in [3.05, 3.63) is 69.3 Å². The zero-order chi connectivity index (χ0) is 16.9. The second-order valence-electron chi connectivity index (χ2n) is 6.13. The molecule has 24 heavy (non-hydrogen) atoms. The average molecular weight is 344 g/mol. The number of nitro groups is 1. The van der Waals surface area contributed by atoms with Gasteiger partial charge in [0.25, 0.3) is 5.69 Å². The first-order chi connectivity index (χ1) is 11.5. The maximum absolute atomic E-state index is 13.1. The van der Waals surface area contributed by atoms with Gasteiger partial charge in [0.1, 0.15) is 0 Å². The van der Waals surface area contributed by atoms with Crippen LogP contribution in [0.5, 0.6) is 0 Å². The average Bonchev–Trinajstić information content (AvgIpc) is 3.01. The number of sulfonamides is 1. The van der Waals surface area contributed by atoms with E-state index in [4.69, 9.17) is 0 Å². The Morgan fingerprint density at radius 1 is 1.04 bits per heavy atom. The second-order valence-corrected chi connectivity index (χ2v) is 7.99. The Bertz CT molecular complexity index is 939. The number of para-hydroxylation sites is 1. The molecular weight excluding hydrogens is 328 g/mol. The third-order valence-corrected chi connectivity index (χ3v) is 6.86. The highest BCUT2D eigenvalue weighted by Gasteiger charge is 2.42. The van der Waals surface area contributed by atoms with Gasteiger partial charge in [-0.1, -0.05) is 30.3 Å². The van der Waals surface area contributed by atoms with Crippen molar-refractivity contribution in [2.24, 2.45) is 0 Å². The summed E-state index contributed by atoms with van der Waals surface area (Å²) in [5.74, 6) is 0. The number of hydrogen-bond acceptors (Lipinski definition) is 4. The first-order valence-corrected chi connectivity index (χ1v) is 9.30. The van der Waals surface area contributed by atoms with E-state index in [9.17, 15) is 18.5 Å². The molecule has 1 atom stereocenters. The van der Waals surface area contributed by atoms with Crippen molar-refractivity contribution >= 4 is 15.7 Å². The molecule has 0 radical (unpaired) electrons. The lowest BCUT2D eigenvalue weighted by molar-refractivity contribution is -0.387. The molecule has 6 nitrogen and oxygen atoms in total. The van der Waals surface area contributed by atoms with Crippen LogP contribution in [-0.2, 0) is 22.9 Å². The molecule has 2 aromatic rings. The summed E-state index contributed by atoms with van der Waals surface area (Å²) in [4.78, 5) is 10.4. The molecular formula is C17H16N2O4S. The highest BCUT2D eigenvalue weighted by molar-refractivity contribution is 7.89. The molecule has 0 saturated heterocycles. The Hall–Kier alpha value is -2.25. The largest absolute Gasteiger partial charge is 0.289 e. The summed E-state index contributed by atoms with van der Waals surface area (Å²) in [6.45, 7) is 0.357. The van der Waals surface area contributed by atoms with Crippen LogP contribution < -0.4 is 0 Å². The molecule has 0 spiro atoms. The lowest BCUT2D eigenvalue weighted by Gasteiger charge is -2.34. The van der Waals surface area contributed by atoms with Gasteiger partial charge in [-0.3, -0.25) is 10.1 Å². The SMILES string of the molecule is O=[N+]([O-])c1ccccc1S(=O)(=O)N1CCc2cccc3c2C1CC3. The third kappa shape index (κ3) is 2.16. The zero-order valence-corrected chi connectivity index (χ0v) is 13.7. The van der Waals surface area contributed by atoms with Gasteiger partial charge < -0.3 is 0 Å². The summed E-state index contributed by atoms with van der Waals surface area (Å²) < 4.78 is 27.7. The predicted molar refractivity (Wildman–Crippen MR) is 88.2 cm³/mol. The quantitative estimate of drug-likeness (QED) is 0.633. The van der Waals surface area contributed by atoms with Gasteiger partial charge in [0, 0.05) is 12.6 Å². The van der Waals surface area contributed by atoms with E-state index in [2.05, 4.69) is 0 Å². The van der Waals surface area contributed by atoms with Gasteiger partial charge in [-0.2, -0.15) is 4.31 Å². The van der Waals surface area contributed by atoms with Gasteiger partial charge in [0.15, 0.2) is 4.90 Å². The summed E-state index contributed by atoms with van der Waals surface area (Å²) in [6, 6.07) is 11.5. The number of benzene rings is 2. The maximum atomic E-state index is 13.1. The number of nitrogens with zero attached hydrogens (tertiary/aromatic N) is 2. The molecule has 1 aliphatic carbocycles. The van der Waals surface area contributed by atoms with E-state index in [-0.39, 0.29) is 16.6 Å². The van der Waals surface area contributed by atoms with E-state index >= 15 is 0 Å². The van der Waals surface area contributed by atoms with Crippen LogP contribution in [-0.4, -0.2) is 24.2 Å². The molecule has 2 aromatic carbocycles. The normalized spacial score (nSPS) is 19.9. The highest BCUT2D eigenvalue weighted by Crippen LogP contribution is 2.44. The van der Waals surface area contributed by atoms with Gasteiger partial charge in [0.05, 0.1) is 11.0 Å². The Kier molecular flexibility index (Phi) is 3.43. The zero-order valence-electron chi connectivity index (χ0n) is 12.9. The fourth-order valence-electron chi connectivity index (χ4n) is 3.88. The first-order valence-electron chi connectivity index (χ1n) is 7.86. The minimum atomic E-state index is -3.92. The van der Waals surface area contributed by atoms with Crippen LogP contribution in [0.25, 0.3) is 0 Å². The molecule has 0 aromatic heterocycles. The monoisotopic (exact) mass is 344 g/mol. The predicted octanol–water partition coefficient (Wildman–Crippen LogP) is 2.83. The van der Waals surface area contributed by atoms with Crippen LogP contribution in [0.1, 0.15) is 29.2 Å². The van der Waals surface area contributed by atoms with Crippen LogP contribution in [0.2, 0.25) is 0 Å². The van der Waals surface area contributed by atoms with Crippen molar-refractivity contribution in [2.75, 3.05) is 6.54 Å². The van der Waals surface area contributed by atoms with Crippen LogP contribution in [0.4, 0.5) is 5.69 Å². The van der Waals surface area contributed by atoms with Gasteiger partial charge >= 0.3 is 0 Å². The Labute approximate surface area is 139 Å². The van der Waals surface area contributed by atoms with E-state index in [1.165, 1.54) is 39.7 Å². The fourth-order valence-corrected chi connectivity index (χ4v) is 5.67. The molecule has 124 valence electrons. The summed E-state index contributed by atoms with van der Waals surface area (Å²) in [5, 5.41) is 11.2. The molecule has 0 amide bonds. The Morgan fingerprint density at radius 2 is 1.75 bits per heavy atom. The minimum Gasteiger partial charge on any atom is -0.258 e. The number of rotatable bonds is 3. The van der Waals surface area contributed by atoms with Crippen LogP contribution in [0.15, 0.2) is 47.4 Å². The lowest BCUT2D eigenvalue weighted by Crippen LogP contribution is -2.39. The minimum absolute atomic E-state index is 0.213. The van der Waals surface area contributed by atoms with Crippen molar-refractivity contribution in [1.82, 2.24) is 4.31 Å². The number of aryl methyl sites for hydroxylation is 1. The molecule has 1 heterocycles. The van der Waals surface area contributed by atoms with Crippen LogP contribution in [0.3, 0.4) is 0 Å². The van der Waals surface area contributed by atoms with E-state index in [1.807, 2.05) is 18.2 Å². The summed E-state index contributed by atoms with van der Waals surface area (Å²) in [7, 11) is -3.92. The third-order valence-electron chi connectivity index (χ3n) is 4.90. The van der Waals surface area contributed by atoms with Crippen molar-refractivity contribution in [1.29, 1.82) is 0 Å². The van der Waals surface area contributed by atoms with Gasteiger partial charge in [-0.15, -0.1) is 0 Å². The smallest absolute Gasteiger partial charge is 0.258 e. The maximum Gasteiger partial charge on any atom is 0.289 e.